The number of hydrogen-bond acceptors (Lipinski definition) is 3. The quantitative estimate of drug-likeness (QED) is 0.878. The van der Waals surface area contributed by atoms with E-state index in [2.05, 4.69) is 26.6 Å². The number of furan rings is 1. The van der Waals surface area contributed by atoms with E-state index in [1.807, 2.05) is 6.92 Å². The van der Waals surface area contributed by atoms with E-state index in [4.69, 9.17) is 4.42 Å². The minimum atomic E-state index is -0.128. The second kappa shape index (κ2) is 6.42. The Kier molecular flexibility index (Phi) is 5.49. The summed E-state index contributed by atoms with van der Waals surface area (Å²) in [5.74, 6) is 0.273. The number of nitrogens with one attached hydrogen (secondary N) is 2. The van der Waals surface area contributed by atoms with E-state index >= 15 is 0 Å². The summed E-state index contributed by atoms with van der Waals surface area (Å²) in [6.45, 7) is 3.74. The highest BCUT2D eigenvalue weighted by atomic mass is 79.9. The molecule has 1 amide bonds. The first kappa shape index (κ1) is 14.5. The van der Waals surface area contributed by atoms with Crippen molar-refractivity contribution in [3.05, 3.63) is 22.1 Å². The normalized spacial score (nSPS) is 19.5. The van der Waals surface area contributed by atoms with E-state index in [1.54, 1.807) is 6.07 Å². The number of hydrogen-bond donors (Lipinski definition) is 2. The Labute approximate surface area is 115 Å². The van der Waals surface area contributed by atoms with Crippen LogP contribution in [0.1, 0.15) is 29.0 Å². The molecule has 17 heavy (non-hydrogen) atoms. The predicted octanol–water partition coefficient (Wildman–Crippen LogP) is 2.25. The molecule has 2 rings (SSSR count). The van der Waals surface area contributed by atoms with Gasteiger partial charge >= 0.3 is 0 Å². The van der Waals surface area contributed by atoms with Gasteiger partial charge in [-0.25, -0.2) is 0 Å². The van der Waals surface area contributed by atoms with E-state index < -0.39 is 0 Å². The molecular weight excluding hydrogens is 307 g/mol. The molecule has 1 aliphatic heterocycles. The number of carbonyl (C=O) groups excluding carboxylic acids is 1. The van der Waals surface area contributed by atoms with Gasteiger partial charge in [-0.1, -0.05) is 0 Å². The monoisotopic (exact) mass is 322 g/mol. The van der Waals surface area contributed by atoms with Gasteiger partial charge < -0.3 is 15.1 Å². The summed E-state index contributed by atoms with van der Waals surface area (Å²) in [6, 6.07) is 2.01. The molecule has 1 aromatic rings. The summed E-state index contributed by atoms with van der Waals surface area (Å²) < 4.78 is 5.90. The van der Waals surface area contributed by atoms with Crippen LogP contribution in [0.4, 0.5) is 0 Å². The lowest BCUT2D eigenvalue weighted by atomic mass is 10.1. The Morgan fingerprint density at radius 3 is 2.94 bits per heavy atom. The van der Waals surface area contributed by atoms with Crippen LogP contribution in [0.3, 0.4) is 0 Å². The van der Waals surface area contributed by atoms with E-state index in [0.29, 0.717) is 10.4 Å². The Morgan fingerprint density at radius 1 is 1.65 bits per heavy atom. The lowest BCUT2D eigenvalue weighted by molar-refractivity contribution is 0.0900. The molecule has 0 saturated carbocycles. The number of amides is 1. The lowest BCUT2D eigenvalue weighted by Gasteiger charge is -2.23. The molecular formula is C11H16BrClN2O2. The van der Waals surface area contributed by atoms with E-state index in [-0.39, 0.29) is 24.4 Å². The number of aryl methyl sites for hydroxylation is 1. The van der Waals surface area contributed by atoms with Crippen LogP contribution in [0.5, 0.6) is 0 Å². The highest BCUT2D eigenvalue weighted by Crippen LogP contribution is 2.19. The third-order valence-corrected chi connectivity index (χ3v) is 3.12. The van der Waals surface area contributed by atoms with Gasteiger partial charge in [-0.15, -0.1) is 12.4 Å². The first-order valence-corrected chi connectivity index (χ1v) is 6.23. The minimum absolute atomic E-state index is 0. The van der Waals surface area contributed by atoms with Crippen LogP contribution in [0, 0.1) is 6.92 Å². The molecule has 0 radical (unpaired) electrons. The second-order valence-corrected chi connectivity index (χ2v) is 4.86. The molecule has 2 heterocycles. The molecule has 0 aliphatic carbocycles. The Balaban J connectivity index is 0.00000144. The van der Waals surface area contributed by atoms with Crippen molar-refractivity contribution in [3.63, 3.8) is 0 Å². The highest BCUT2D eigenvalue weighted by Gasteiger charge is 2.20. The van der Waals surface area contributed by atoms with Gasteiger partial charge in [0.25, 0.3) is 5.91 Å². The zero-order valence-corrected chi connectivity index (χ0v) is 12.0. The average molecular weight is 324 g/mol. The van der Waals surface area contributed by atoms with Crippen LogP contribution in [-0.4, -0.2) is 25.0 Å². The first-order valence-electron chi connectivity index (χ1n) is 5.44. The van der Waals surface area contributed by atoms with E-state index in [0.717, 1.165) is 31.5 Å². The summed E-state index contributed by atoms with van der Waals surface area (Å²) in [6.07, 6.45) is 2.13. The Hall–Kier alpha value is -0.520. The van der Waals surface area contributed by atoms with Crippen molar-refractivity contribution < 1.29 is 9.21 Å². The van der Waals surface area contributed by atoms with Crippen LogP contribution >= 0.6 is 28.3 Å². The van der Waals surface area contributed by atoms with Crippen LogP contribution < -0.4 is 10.6 Å². The van der Waals surface area contributed by atoms with Crippen molar-refractivity contribution in [2.75, 3.05) is 13.1 Å². The summed E-state index contributed by atoms with van der Waals surface area (Å²) in [4.78, 5) is 11.9. The van der Waals surface area contributed by atoms with Crippen molar-refractivity contribution in [2.24, 2.45) is 0 Å². The molecule has 0 aromatic carbocycles. The highest BCUT2D eigenvalue weighted by molar-refractivity contribution is 9.10. The molecule has 0 bridgehead atoms. The molecule has 96 valence electrons. The molecule has 1 saturated heterocycles. The van der Waals surface area contributed by atoms with Gasteiger partial charge in [-0.05, 0) is 48.3 Å². The standard InChI is InChI=1S/C11H15BrN2O2.ClH/c1-7-5-9(12)16-10(7)11(15)14-8-3-2-4-13-6-8;/h5,8,13H,2-4,6H2,1H3,(H,14,15);1H/t8-;/m0./s1. The van der Waals surface area contributed by atoms with E-state index in [1.165, 1.54) is 0 Å². The number of piperidine rings is 1. The molecule has 1 aromatic heterocycles. The Bertz CT molecular complexity index is 389. The number of rotatable bonds is 2. The van der Waals surface area contributed by atoms with Gasteiger partial charge in [0.05, 0.1) is 0 Å². The van der Waals surface area contributed by atoms with Crippen molar-refractivity contribution >= 4 is 34.2 Å². The van der Waals surface area contributed by atoms with Crippen molar-refractivity contribution in [1.82, 2.24) is 10.6 Å². The molecule has 0 spiro atoms. The van der Waals surface area contributed by atoms with Crippen molar-refractivity contribution in [1.29, 1.82) is 0 Å². The molecule has 2 N–H and O–H groups in total. The maximum absolute atomic E-state index is 11.9. The van der Waals surface area contributed by atoms with Gasteiger partial charge in [-0.2, -0.15) is 0 Å². The molecule has 0 unspecified atom stereocenters. The Morgan fingerprint density at radius 2 is 2.41 bits per heavy atom. The topological polar surface area (TPSA) is 54.3 Å². The van der Waals surface area contributed by atoms with Crippen LogP contribution in [-0.2, 0) is 0 Å². The summed E-state index contributed by atoms with van der Waals surface area (Å²) in [5, 5.41) is 6.23. The molecule has 1 fully saturated rings. The summed E-state index contributed by atoms with van der Waals surface area (Å²) >= 11 is 3.22. The van der Waals surface area contributed by atoms with Gasteiger partial charge in [0.15, 0.2) is 10.4 Å². The summed E-state index contributed by atoms with van der Waals surface area (Å²) in [7, 11) is 0. The van der Waals surface area contributed by atoms with Crippen LogP contribution in [0.2, 0.25) is 0 Å². The molecule has 1 aliphatic rings. The zero-order valence-electron chi connectivity index (χ0n) is 9.59. The maximum Gasteiger partial charge on any atom is 0.287 e. The average Bonchev–Trinajstić information content (AvgIpc) is 2.59. The largest absolute Gasteiger partial charge is 0.444 e. The van der Waals surface area contributed by atoms with E-state index in [9.17, 15) is 4.79 Å². The van der Waals surface area contributed by atoms with Crippen molar-refractivity contribution in [3.8, 4) is 0 Å². The smallest absolute Gasteiger partial charge is 0.287 e. The van der Waals surface area contributed by atoms with Gasteiger partial charge in [0.2, 0.25) is 0 Å². The maximum atomic E-state index is 11.9. The second-order valence-electron chi connectivity index (χ2n) is 4.08. The van der Waals surface area contributed by atoms with Crippen LogP contribution in [0.25, 0.3) is 0 Å². The number of halogens is 2. The van der Waals surface area contributed by atoms with Gasteiger partial charge in [0.1, 0.15) is 0 Å². The number of carbonyl (C=O) groups is 1. The molecule has 4 nitrogen and oxygen atoms in total. The molecule has 1 atom stereocenters. The van der Waals surface area contributed by atoms with Gasteiger partial charge in [-0.3, -0.25) is 4.79 Å². The van der Waals surface area contributed by atoms with Crippen LogP contribution in [0.15, 0.2) is 15.2 Å². The third kappa shape index (κ3) is 3.72. The fourth-order valence-electron chi connectivity index (χ4n) is 1.89. The SMILES string of the molecule is Cc1cc(Br)oc1C(=O)N[C@H]1CCCNC1.Cl. The fraction of sp³-hybridized carbons (Fsp3) is 0.545. The van der Waals surface area contributed by atoms with Gasteiger partial charge in [0, 0.05) is 18.2 Å². The summed E-state index contributed by atoms with van der Waals surface area (Å²) in [5.41, 5.74) is 0.855. The third-order valence-electron chi connectivity index (χ3n) is 2.73. The van der Waals surface area contributed by atoms with Crippen molar-refractivity contribution in [2.45, 2.75) is 25.8 Å². The predicted molar refractivity (Wildman–Crippen MR) is 71.8 cm³/mol. The first-order chi connectivity index (χ1) is 7.66. The molecule has 6 heteroatoms. The zero-order chi connectivity index (χ0) is 11.5. The lowest BCUT2D eigenvalue weighted by Crippen LogP contribution is -2.45. The fourth-order valence-corrected chi connectivity index (χ4v) is 2.40. The minimum Gasteiger partial charge on any atom is -0.444 e.